The van der Waals surface area contributed by atoms with Gasteiger partial charge in [0.2, 0.25) is 5.79 Å². The Morgan fingerprint density at radius 3 is 2.29 bits per heavy atom. The zero-order chi connectivity index (χ0) is 20.5. The number of alkyl halides is 4. The third kappa shape index (κ3) is 4.24. The molecule has 1 N–H and O–H groups in total. The highest BCUT2D eigenvalue weighted by atomic mass is 35.5. The minimum Gasteiger partial charge on any atom is -0.481 e. The van der Waals surface area contributed by atoms with Crippen LogP contribution in [0.4, 0.5) is 23.2 Å². The van der Waals surface area contributed by atoms with E-state index in [2.05, 4.69) is 0 Å². The van der Waals surface area contributed by atoms with Crippen LogP contribution in [0.5, 0.6) is 0 Å². The Kier molecular flexibility index (Phi) is 5.57. The number of hydrogen-bond donors (Lipinski definition) is 1. The summed E-state index contributed by atoms with van der Waals surface area (Å²) in [5.41, 5.74) is -0.276. The molecule has 2 aromatic rings. The molecule has 1 saturated heterocycles. The van der Waals surface area contributed by atoms with E-state index in [1.54, 1.807) is 24.3 Å². The Labute approximate surface area is 164 Å². The zero-order valence-electron chi connectivity index (χ0n) is 14.7. The molecular formula is C20H18ClF4NO2. The zero-order valence-corrected chi connectivity index (χ0v) is 15.5. The van der Waals surface area contributed by atoms with Crippen molar-refractivity contribution in [1.82, 2.24) is 0 Å². The van der Waals surface area contributed by atoms with Crippen molar-refractivity contribution in [3.63, 3.8) is 0 Å². The molecule has 0 aliphatic carbocycles. The highest BCUT2D eigenvalue weighted by Crippen LogP contribution is 2.45. The van der Waals surface area contributed by atoms with Crippen LogP contribution in [-0.2, 0) is 16.8 Å². The molecule has 0 bridgehead atoms. The molecule has 2 atom stereocenters. The molecule has 1 aliphatic rings. The smallest absolute Gasteiger partial charge is 0.416 e. The highest BCUT2D eigenvalue weighted by Gasteiger charge is 2.45. The summed E-state index contributed by atoms with van der Waals surface area (Å²) in [7, 11) is 0. The molecule has 3 nitrogen and oxygen atoms in total. The Morgan fingerprint density at radius 1 is 1.14 bits per heavy atom. The summed E-state index contributed by atoms with van der Waals surface area (Å²) in [6.45, 7) is 0.233. The summed E-state index contributed by atoms with van der Waals surface area (Å²) in [6, 6.07) is 10.4. The Morgan fingerprint density at radius 2 is 1.75 bits per heavy atom. The summed E-state index contributed by atoms with van der Waals surface area (Å²) in [6.07, 6.45) is -4.38. The topological polar surface area (TPSA) is 40.5 Å². The molecule has 1 fully saturated rings. The molecule has 3 rings (SSSR count). The maximum absolute atomic E-state index is 16.3. The van der Waals surface area contributed by atoms with Gasteiger partial charge in [-0.3, -0.25) is 4.79 Å². The Bertz CT molecular complexity index is 839. The van der Waals surface area contributed by atoms with E-state index in [0.29, 0.717) is 17.1 Å². The van der Waals surface area contributed by atoms with E-state index in [0.717, 1.165) is 24.3 Å². The maximum atomic E-state index is 16.3. The largest absolute Gasteiger partial charge is 0.481 e. The first-order chi connectivity index (χ1) is 13.1. The lowest BCUT2D eigenvalue weighted by molar-refractivity contribution is -0.139. The number of carboxylic acids is 1. The number of anilines is 1. The average Bonchev–Trinajstić information content (AvgIpc) is 2.62. The number of benzene rings is 2. The molecule has 2 unspecified atom stereocenters. The van der Waals surface area contributed by atoms with Crippen LogP contribution < -0.4 is 4.90 Å². The molecule has 0 aromatic heterocycles. The van der Waals surface area contributed by atoms with Gasteiger partial charge in [-0.1, -0.05) is 23.7 Å². The molecule has 0 radical (unpaired) electrons. The molecule has 0 amide bonds. The number of hydrogen-bond acceptors (Lipinski definition) is 2. The molecule has 2 aromatic carbocycles. The molecule has 150 valence electrons. The summed E-state index contributed by atoms with van der Waals surface area (Å²) in [5, 5.41) is 9.55. The maximum Gasteiger partial charge on any atom is 0.416 e. The van der Waals surface area contributed by atoms with Crippen LogP contribution >= 0.6 is 11.6 Å². The fourth-order valence-corrected chi connectivity index (χ4v) is 3.77. The normalized spacial score (nSPS) is 22.9. The van der Waals surface area contributed by atoms with Gasteiger partial charge in [-0.05, 0) is 48.7 Å². The third-order valence-electron chi connectivity index (χ3n) is 5.00. The minimum absolute atomic E-state index is 0.0607. The van der Waals surface area contributed by atoms with Gasteiger partial charge in [-0.25, -0.2) is 4.39 Å². The van der Waals surface area contributed by atoms with Crippen LogP contribution in [0.3, 0.4) is 0 Å². The van der Waals surface area contributed by atoms with Crippen molar-refractivity contribution in [2.24, 2.45) is 5.92 Å². The number of carbonyl (C=O) groups is 1. The van der Waals surface area contributed by atoms with Gasteiger partial charge in [0.1, 0.15) is 0 Å². The van der Waals surface area contributed by atoms with E-state index >= 15 is 4.39 Å². The number of carboxylic acid groups (broad SMARTS) is 1. The van der Waals surface area contributed by atoms with Gasteiger partial charge in [0, 0.05) is 35.7 Å². The second kappa shape index (κ2) is 7.62. The lowest BCUT2D eigenvalue weighted by Crippen LogP contribution is -2.49. The number of aliphatic carboxylic acids is 1. The van der Waals surface area contributed by atoms with Crippen LogP contribution in [0.2, 0.25) is 5.02 Å². The van der Waals surface area contributed by atoms with Gasteiger partial charge in [-0.2, -0.15) is 13.2 Å². The monoisotopic (exact) mass is 415 g/mol. The highest BCUT2D eigenvalue weighted by molar-refractivity contribution is 6.30. The van der Waals surface area contributed by atoms with Gasteiger partial charge in [0.05, 0.1) is 5.56 Å². The van der Waals surface area contributed by atoms with Gasteiger partial charge < -0.3 is 10.0 Å². The average molecular weight is 416 g/mol. The first kappa shape index (κ1) is 20.5. The summed E-state index contributed by atoms with van der Waals surface area (Å²) < 4.78 is 54.9. The standard InChI is InChI=1S/C20H18ClF4NO2/c21-16-5-7-17(8-6-16)26-10-9-13(11-18(27)28)12-19(26,22)14-1-3-15(4-2-14)20(23,24)25/h1-8,13H,9-12H2,(H,27,28). The van der Waals surface area contributed by atoms with E-state index in [1.165, 1.54) is 4.90 Å². The van der Waals surface area contributed by atoms with E-state index < -0.39 is 29.4 Å². The van der Waals surface area contributed by atoms with Crippen molar-refractivity contribution in [2.75, 3.05) is 11.4 Å². The van der Waals surface area contributed by atoms with Crippen molar-refractivity contribution in [3.8, 4) is 0 Å². The van der Waals surface area contributed by atoms with Gasteiger partial charge in [0.15, 0.2) is 0 Å². The summed E-state index contributed by atoms with van der Waals surface area (Å²) >= 11 is 5.90. The second-order valence-corrected chi connectivity index (χ2v) is 7.36. The Balaban J connectivity index is 1.99. The van der Waals surface area contributed by atoms with Crippen LogP contribution in [-0.4, -0.2) is 17.6 Å². The number of nitrogens with zero attached hydrogens (tertiary/aromatic N) is 1. The Hall–Kier alpha value is -2.28. The summed E-state index contributed by atoms with van der Waals surface area (Å²) in [4.78, 5) is 12.5. The van der Waals surface area contributed by atoms with Crippen LogP contribution in [0.15, 0.2) is 48.5 Å². The molecule has 28 heavy (non-hydrogen) atoms. The predicted molar refractivity (Wildman–Crippen MR) is 98.0 cm³/mol. The lowest BCUT2D eigenvalue weighted by Gasteiger charge is -2.46. The molecule has 0 saturated carbocycles. The van der Waals surface area contributed by atoms with E-state index in [4.69, 9.17) is 16.7 Å². The fourth-order valence-electron chi connectivity index (χ4n) is 3.65. The third-order valence-corrected chi connectivity index (χ3v) is 5.26. The number of piperidine rings is 1. The van der Waals surface area contributed by atoms with Crippen molar-refractivity contribution in [1.29, 1.82) is 0 Å². The molecule has 8 heteroatoms. The molecule has 1 heterocycles. The second-order valence-electron chi connectivity index (χ2n) is 6.92. The number of halogens is 5. The van der Waals surface area contributed by atoms with Crippen molar-refractivity contribution in [3.05, 3.63) is 64.7 Å². The van der Waals surface area contributed by atoms with Crippen LogP contribution in [0, 0.1) is 5.92 Å². The van der Waals surface area contributed by atoms with Crippen LogP contribution in [0.1, 0.15) is 30.4 Å². The van der Waals surface area contributed by atoms with Gasteiger partial charge >= 0.3 is 12.1 Å². The lowest BCUT2D eigenvalue weighted by atomic mass is 9.82. The van der Waals surface area contributed by atoms with E-state index in [-0.39, 0.29) is 24.9 Å². The first-order valence-electron chi connectivity index (χ1n) is 8.71. The quantitative estimate of drug-likeness (QED) is 0.501. The number of rotatable bonds is 4. The molecular weight excluding hydrogens is 398 g/mol. The molecule has 1 aliphatic heterocycles. The fraction of sp³-hybridized carbons (Fsp3) is 0.350. The molecule has 0 spiro atoms. The predicted octanol–water partition coefficient (Wildman–Crippen LogP) is 5.87. The van der Waals surface area contributed by atoms with Gasteiger partial charge in [0.25, 0.3) is 0 Å². The minimum atomic E-state index is -4.52. The van der Waals surface area contributed by atoms with E-state index in [9.17, 15) is 18.0 Å². The first-order valence-corrected chi connectivity index (χ1v) is 9.09. The van der Waals surface area contributed by atoms with Crippen molar-refractivity contribution < 1.29 is 27.5 Å². The van der Waals surface area contributed by atoms with E-state index in [1.807, 2.05) is 0 Å². The summed E-state index contributed by atoms with van der Waals surface area (Å²) in [5.74, 6) is -3.58. The van der Waals surface area contributed by atoms with Crippen LogP contribution in [0.25, 0.3) is 0 Å². The van der Waals surface area contributed by atoms with Crippen molar-refractivity contribution in [2.45, 2.75) is 31.2 Å². The van der Waals surface area contributed by atoms with Gasteiger partial charge in [-0.15, -0.1) is 0 Å². The SMILES string of the molecule is O=C(O)CC1CCN(c2ccc(Cl)cc2)C(F)(c2ccc(C(F)(F)F)cc2)C1. The van der Waals surface area contributed by atoms with Crippen molar-refractivity contribution >= 4 is 23.3 Å².